The number of carbonyl (C=O) groups excluding carboxylic acids is 2. The summed E-state index contributed by atoms with van der Waals surface area (Å²) in [5, 5.41) is 0. The van der Waals surface area contributed by atoms with Gasteiger partial charge in [-0.3, -0.25) is 37.5 Å². The molecule has 3 N–H and O–H groups in total. The van der Waals surface area contributed by atoms with Crippen molar-refractivity contribution < 1.29 is 64.7 Å². The van der Waals surface area contributed by atoms with Crippen LogP contribution in [0.5, 0.6) is 5.75 Å². The number of H-pyrrole nitrogens is 1. The van der Waals surface area contributed by atoms with Crippen molar-refractivity contribution in [3.8, 4) is 5.75 Å². The standard InChI is InChI=1S/C47H69N2O16P3/c1-4-6-8-9-10-11-12-13-14-15-16-17-18-19-20-21-43(50)40-27-23-38(24-28-40)34-60-68(58,61-35-39-25-29-41(30-26-39)63-45(51)22-7-5-2)65-67(56,57)64-66(54,55)59-36-42-31-32-44(62-42)49-33-37(3)46(52)48-47(49)53/h23-33,42,44H,4-22,34-36H2,1-3H3,(H,54,55)(H,56,57)(H,48,52,53)/t42-,44+,68?/m0/s1. The van der Waals surface area contributed by atoms with E-state index < -0.39 is 72.8 Å². The van der Waals surface area contributed by atoms with Gasteiger partial charge in [0.05, 0.1) is 19.8 Å². The van der Waals surface area contributed by atoms with Crippen molar-refractivity contribution in [3.05, 3.63) is 110 Å². The molecule has 5 atom stereocenters. The second kappa shape index (κ2) is 29.5. The molecule has 4 rings (SSSR count). The number of nitrogens with zero attached hydrogens (tertiary/aromatic N) is 1. The zero-order valence-corrected chi connectivity index (χ0v) is 42.1. The van der Waals surface area contributed by atoms with E-state index in [-0.39, 0.29) is 23.5 Å². The third kappa shape index (κ3) is 21.6. The molecular weight excluding hydrogens is 941 g/mol. The van der Waals surface area contributed by atoms with Gasteiger partial charge >= 0.3 is 35.1 Å². The fraction of sp³-hybridized carbons (Fsp3) is 0.574. The van der Waals surface area contributed by atoms with Crippen LogP contribution in [0.25, 0.3) is 0 Å². The van der Waals surface area contributed by atoms with Crippen molar-refractivity contribution >= 4 is 35.2 Å². The smallest absolute Gasteiger partial charge is 0.427 e. The zero-order chi connectivity index (χ0) is 49.4. The van der Waals surface area contributed by atoms with Crippen LogP contribution < -0.4 is 16.0 Å². The lowest BCUT2D eigenvalue weighted by Crippen LogP contribution is -2.33. The monoisotopic (exact) mass is 1010 g/mol. The van der Waals surface area contributed by atoms with Crippen LogP contribution in [0.15, 0.2) is 76.5 Å². The first-order chi connectivity index (χ1) is 32.5. The van der Waals surface area contributed by atoms with Crippen LogP contribution in [0.2, 0.25) is 0 Å². The average Bonchev–Trinajstić information content (AvgIpc) is 3.78. The number of phosphoric acid groups is 3. The molecule has 0 saturated carbocycles. The number of aromatic amines is 1. The molecular formula is C47H69N2O16P3. The lowest BCUT2D eigenvalue weighted by Gasteiger charge is -2.22. The highest BCUT2D eigenvalue weighted by atomic mass is 31.3. The zero-order valence-electron chi connectivity index (χ0n) is 39.5. The Hall–Kier alpha value is -3.63. The fourth-order valence-corrected chi connectivity index (χ4v) is 11.1. The number of aromatic nitrogens is 2. The number of Topliss-reactive ketones (excluding diaryl/α,β-unsaturated/α-hetero) is 1. The molecule has 0 amide bonds. The summed E-state index contributed by atoms with van der Waals surface area (Å²) in [5.74, 6) is -0.212. The lowest BCUT2D eigenvalue weighted by molar-refractivity contribution is -0.134. The van der Waals surface area contributed by atoms with E-state index in [4.69, 9.17) is 27.4 Å². The van der Waals surface area contributed by atoms with Crippen LogP contribution >= 0.6 is 23.5 Å². The highest BCUT2D eigenvalue weighted by Crippen LogP contribution is 2.69. The van der Waals surface area contributed by atoms with Gasteiger partial charge in [0.1, 0.15) is 11.9 Å². The molecule has 2 aromatic carbocycles. The van der Waals surface area contributed by atoms with Crippen molar-refractivity contribution in [2.75, 3.05) is 6.61 Å². The molecule has 18 nitrogen and oxygen atoms in total. The molecule has 0 radical (unpaired) electrons. The number of benzene rings is 2. The van der Waals surface area contributed by atoms with E-state index >= 15 is 0 Å². The van der Waals surface area contributed by atoms with Crippen LogP contribution in [0.4, 0.5) is 0 Å². The summed E-state index contributed by atoms with van der Waals surface area (Å²) in [6.07, 6.45) is 22.5. The minimum absolute atomic E-state index is 0.0325. The Morgan fingerprint density at radius 3 is 1.75 bits per heavy atom. The molecule has 21 heteroatoms. The van der Waals surface area contributed by atoms with Gasteiger partial charge in [0.25, 0.3) is 5.56 Å². The van der Waals surface area contributed by atoms with Crippen LogP contribution in [0.3, 0.4) is 0 Å². The molecule has 0 bridgehead atoms. The van der Waals surface area contributed by atoms with Crippen LogP contribution in [0, 0.1) is 6.92 Å². The van der Waals surface area contributed by atoms with E-state index in [2.05, 4.69) is 16.2 Å². The summed E-state index contributed by atoms with van der Waals surface area (Å²) in [6, 6.07) is 12.1. The fourth-order valence-electron chi connectivity index (χ4n) is 7.12. The highest BCUT2D eigenvalue weighted by molar-refractivity contribution is 7.67. The van der Waals surface area contributed by atoms with Crippen LogP contribution in [-0.4, -0.2) is 43.8 Å². The van der Waals surface area contributed by atoms with Crippen molar-refractivity contribution in [2.45, 2.75) is 168 Å². The third-order valence-electron chi connectivity index (χ3n) is 11.0. The Morgan fingerprint density at radius 2 is 1.19 bits per heavy atom. The third-order valence-corrected chi connectivity index (χ3v) is 15.6. The Balaban J connectivity index is 1.28. The van der Waals surface area contributed by atoms with Crippen molar-refractivity contribution in [1.82, 2.24) is 9.55 Å². The van der Waals surface area contributed by atoms with Gasteiger partial charge < -0.3 is 19.3 Å². The molecule has 1 aliphatic heterocycles. The Bertz CT molecular complexity index is 2320. The molecule has 0 fully saturated rings. The van der Waals surface area contributed by atoms with Gasteiger partial charge in [-0.25, -0.2) is 18.5 Å². The molecule has 1 aliphatic rings. The quantitative estimate of drug-likeness (QED) is 0.0124. The predicted molar refractivity (Wildman–Crippen MR) is 256 cm³/mol. The number of esters is 1. The maximum absolute atomic E-state index is 14.0. The number of ketones is 1. The first kappa shape index (κ1) is 57.0. The second-order valence-electron chi connectivity index (χ2n) is 16.9. The molecule has 68 heavy (non-hydrogen) atoms. The van der Waals surface area contributed by atoms with Gasteiger partial charge in [-0.1, -0.05) is 153 Å². The van der Waals surface area contributed by atoms with Gasteiger partial charge in [-0.2, -0.15) is 8.62 Å². The van der Waals surface area contributed by atoms with Crippen LogP contribution in [0.1, 0.15) is 169 Å². The van der Waals surface area contributed by atoms with Gasteiger partial charge in [-0.15, -0.1) is 0 Å². The first-order valence-electron chi connectivity index (χ1n) is 23.7. The van der Waals surface area contributed by atoms with Crippen molar-refractivity contribution in [1.29, 1.82) is 0 Å². The number of hydrogen-bond acceptors (Lipinski definition) is 14. The average molecular weight is 1010 g/mol. The molecule has 2 heterocycles. The number of carbonyl (C=O) groups is 2. The van der Waals surface area contributed by atoms with Crippen molar-refractivity contribution in [2.24, 2.45) is 0 Å². The maximum atomic E-state index is 14.0. The first-order valence-corrected chi connectivity index (χ1v) is 28.1. The Kier molecular flexibility index (Phi) is 24.7. The summed E-state index contributed by atoms with van der Waals surface area (Å²) in [5.41, 5.74) is 0.0594. The number of rotatable bonds is 35. The number of hydrogen-bond donors (Lipinski definition) is 3. The topological polar surface area (TPSA) is 245 Å². The van der Waals surface area contributed by atoms with E-state index in [1.54, 1.807) is 24.3 Å². The second-order valence-corrected chi connectivity index (χ2v) is 21.7. The lowest BCUT2D eigenvalue weighted by atomic mass is 10.0. The Morgan fingerprint density at radius 1 is 0.662 bits per heavy atom. The summed E-state index contributed by atoms with van der Waals surface area (Å²) in [4.78, 5) is 72.1. The largest absolute Gasteiger partial charge is 0.490 e. The molecule has 0 spiro atoms. The molecule has 0 saturated heterocycles. The predicted octanol–water partition coefficient (Wildman–Crippen LogP) is 11.6. The molecule has 378 valence electrons. The summed E-state index contributed by atoms with van der Waals surface area (Å²) < 4.78 is 77.0. The van der Waals surface area contributed by atoms with E-state index in [9.17, 15) is 42.7 Å². The summed E-state index contributed by atoms with van der Waals surface area (Å²) >= 11 is 0. The minimum Gasteiger partial charge on any atom is -0.427 e. The highest BCUT2D eigenvalue weighted by Gasteiger charge is 2.44. The van der Waals surface area contributed by atoms with Gasteiger partial charge in [0.2, 0.25) is 0 Å². The SMILES string of the molecule is CCCCCCCCCCCCCCCCCC(=O)c1ccc(COP(=O)(OCc2ccc(OC(=O)CCCC)cc2)OP(=O)(O)OP(=O)(O)OC[C@@H]2C=C[C@H](n3cc(C)c(=O)[nH]c3=O)O2)cc1. The van der Waals surface area contributed by atoms with E-state index in [0.29, 0.717) is 29.5 Å². The summed E-state index contributed by atoms with van der Waals surface area (Å²) in [7, 11) is -16.4. The van der Waals surface area contributed by atoms with E-state index in [1.165, 1.54) is 120 Å². The minimum atomic E-state index is -5.79. The number of phosphoric ester groups is 2. The van der Waals surface area contributed by atoms with Crippen LogP contribution in [-0.2, 0) is 58.6 Å². The van der Waals surface area contributed by atoms with Gasteiger partial charge in [-0.05, 0) is 49.1 Å². The molecule has 1 aromatic heterocycles. The number of aryl methyl sites for hydroxylation is 1. The Labute approximate surface area is 398 Å². The van der Waals surface area contributed by atoms with E-state index in [0.717, 1.165) is 36.7 Å². The number of unbranched alkanes of at least 4 members (excludes halogenated alkanes) is 15. The van der Waals surface area contributed by atoms with Gasteiger partial charge in [0.15, 0.2) is 12.0 Å². The molecule has 3 unspecified atom stereocenters. The number of nitrogens with one attached hydrogen (secondary N) is 1. The van der Waals surface area contributed by atoms with E-state index in [1.807, 2.05) is 6.92 Å². The maximum Gasteiger partial charge on any atom is 0.490 e. The van der Waals surface area contributed by atoms with Gasteiger partial charge in [0, 0.05) is 30.2 Å². The molecule has 3 aromatic rings. The number of ether oxygens (including phenoxy) is 2. The summed E-state index contributed by atoms with van der Waals surface area (Å²) in [6.45, 7) is 3.89. The van der Waals surface area contributed by atoms with Crippen molar-refractivity contribution in [3.63, 3.8) is 0 Å². The molecule has 0 aliphatic carbocycles. The normalized spacial score (nSPS) is 17.4.